The fourth-order valence-electron chi connectivity index (χ4n) is 3.90. The highest BCUT2D eigenvalue weighted by Crippen LogP contribution is 2.14. The van der Waals surface area contributed by atoms with Gasteiger partial charge in [-0.1, -0.05) is 107 Å². The molecule has 0 aliphatic heterocycles. The first kappa shape index (κ1) is 27.9. The number of aliphatic hydroxyl groups excluding tert-OH is 1. The van der Waals surface area contributed by atoms with Gasteiger partial charge in [-0.15, -0.1) is 0 Å². The van der Waals surface area contributed by atoms with Gasteiger partial charge in [0.15, 0.2) is 0 Å². The molecular weight excluding hydrogens is 398 g/mol. The Bertz CT molecular complexity index is 716. The van der Waals surface area contributed by atoms with E-state index in [1.165, 1.54) is 56.9 Å². The minimum absolute atomic E-state index is 0.172. The van der Waals surface area contributed by atoms with E-state index in [2.05, 4.69) is 51.4 Å². The largest absolute Gasteiger partial charge is 0.478 e. The van der Waals surface area contributed by atoms with E-state index in [1.807, 2.05) is 0 Å². The van der Waals surface area contributed by atoms with Crippen molar-refractivity contribution >= 4 is 5.97 Å². The molecule has 4 nitrogen and oxygen atoms in total. The fraction of sp³-hybridized carbons (Fsp3) is 0.536. The van der Waals surface area contributed by atoms with Crippen molar-refractivity contribution in [2.75, 3.05) is 20.6 Å². The fourth-order valence-corrected chi connectivity index (χ4v) is 3.90. The molecule has 1 unspecified atom stereocenters. The lowest BCUT2D eigenvalue weighted by molar-refractivity contribution is -0.906. The maximum Gasteiger partial charge on any atom is 0.335 e. The second-order valence-corrected chi connectivity index (χ2v) is 9.35. The van der Waals surface area contributed by atoms with E-state index in [4.69, 9.17) is 5.11 Å². The number of aliphatic hydroxyl groups is 1. The molecule has 32 heavy (non-hydrogen) atoms. The van der Waals surface area contributed by atoms with Gasteiger partial charge in [0.05, 0.1) is 19.7 Å². The standard InChI is InChI=1S/C21H38NO.C7H6O2/c1-4-5-6-7-8-9-10-14-17-21(23)19-22(2,3)18-20-15-12-11-13-16-20;8-7(9)6-4-2-1-3-5-6/h11-13,15-16,21,23H,4-10,14,17-19H2,1-3H3;1-5H,(H,8,9)/q+1;. The van der Waals surface area contributed by atoms with Gasteiger partial charge >= 0.3 is 5.97 Å². The van der Waals surface area contributed by atoms with Crippen LogP contribution >= 0.6 is 0 Å². The molecule has 0 spiro atoms. The summed E-state index contributed by atoms with van der Waals surface area (Å²) in [5, 5.41) is 18.7. The van der Waals surface area contributed by atoms with E-state index in [0.717, 1.165) is 24.0 Å². The number of likely N-dealkylation sites (N-methyl/N-ethyl adjacent to an activating group) is 1. The third-order valence-electron chi connectivity index (χ3n) is 5.57. The second kappa shape index (κ2) is 16.5. The van der Waals surface area contributed by atoms with E-state index < -0.39 is 5.97 Å². The summed E-state index contributed by atoms with van der Waals surface area (Å²) in [6, 6.07) is 18.9. The van der Waals surface area contributed by atoms with Gasteiger partial charge in [-0.2, -0.15) is 0 Å². The van der Waals surface area contributed by atoms with Crippen molar-refractivity contribution in [1.82, 2.24) is 0 Å². The van der Waals surface area contributed by atoms with E-state index in [1.54, 1.807) is 30.3 Å². The summed E-state index contributed by atoms with van der Waals surface area (Å²) in [6.45, 7) is 4.08. The second-order valence-electron chi connectivity index (χ2n) is 9.35. The Kier molecular flexibility index (Phi) is 14.3. The lowest BCUT2D eigenvalue weighted by Crippen LogP contribution is -2.44. The van der Waals surface area contributed by atoms with Crippen LogP contribution in [-0.2, 0) is 6.54 Å². The number of rotatable bonds is 14. The Morgan fingerprint density at radius 2 is 1.31 bits per heavy atom. The Labute approximate surface area is 195 Å². The molecule has 0 heterocycles. The minimum Gasteiger partial charge on any atom is -0.478 e. The SMILES string of the molecule is CCCCCCCCCCC(O)C[N+](C)(C)Cc1ccccc1.O=C(O)c1ccccc1. The van der Waals surface area contributed by atoms with Crippen LogP contribution < -0.4 is 0 Å². The molecule has 0 saturated carbocycles. The molecule has 178 valence electrons. The molecule has 2 rings (SSSR count). The number of aromatic carboxylic acids is 1. The van der Waals surface area contributed by atoms with E-state index in [-0.39, 0.29) is 6.10 Å². The smallest absolute Gasteiger partial charge is 0.335 e. The molecule has 2 aromatic rings. The first-order valence-corrected chi connectivity index (χ1v) is 12.2. The first-order valence-electron chi connectivity index (χ1n) is 12.2. The first-order chi connectivity index (χ1) is 15.3. The Hall–Kier alpha value is -2.17. The zero-order valence-electron chi connectivity index (χ0n) is 20.4. The van der Waals surface area contributed by atoms with Crippen LogP contribution in [0.15, 0.2) is 60.7 Å². The number of benzene rings is 2. The van der Waals surface area contributed by atoms with E-state index in [0.29, 0.717) is 5.56 Å². The van der Waals surface area contributed by atoms with Crippen molar-refractivity contribution in [2.45, 2.75) is 77.4 Å². The average Bonchev–Trinajstić information content (AvgIpc) is 2.76. The lowest BCUT2D eigenvalue weighted by Gasteiger charge is -2.32. The van der Waals surface area contributed by atoms with Crippen LogP contribution in [0.4, 0.5) is 0 Å². The number of carboxylic acid groups (broad SMARTS) is 1. The highest BCUT2D eigenvalue weighted by atomic mass is 16.4. The predicted molar refractivity (Wildman–Crippen MR) is 134 cm³/mol. The van der Waals surface area contributed by atoms with Gasteiger partial charge in [0, 0.05) is 5.56 Å². The molecule has 0 saturated heterocycles. The highest BCUT2D eigenvalue weighted by Gasteiger charge is 2.20. The quantitative estimate of drug-likeness (QED) is 0.258. The number of unbranched alkanes of at least 4 members (excludes halogenated alkanes) is 7. The summed E-state index contributed by atoms with van der Waals surface area (Å²) < 4.78 is 0.849. The van der Waals surface area contributed by atoms with Crippen LogP contribution in [-0.4, -0.2) is 47.4 Å². The molecule has 0 bridgehead atoms. The highest BCUT2D eigenvalue weighted by molar-refractivity contribution is 5.87. The zero-order valence-corrected chi connectivity index (χ0v) is 20.4. The molecule has 4 heteroatoms. The van der Waals surface area contributed by atoms with Crippen molar-refractivity contribution < 1.29 is 19.5 Å². The number of nitrogens with zero attached hydrogens (tertiary/aromatic N) is 1. The van der Waals surface area contributed by atoms with Gasteiger partial charge in [-0.3, -0.25) is 0 Å². The average molecular weight is 443 g/mol. The Balaban J connectivity index is 0.000000471. The molecule has 2 aromatic carbocycles. The molecule has 2 N–H and O–H groups in total. The van der Waals surface area contributed by atoms with Gasteiger partial charge in [0.2, 0.25) is 0 Å². The predicted octanol–water partition coefficient (Wildman–Crippen LogP) is 6.54. The van der Waals surface area contributed by atoms with Crippen LogP contribution in [0.1, 0.15) is 80.6 Å². The van der Waals surface area contributed by atoms with Gasteiger partial charge < -0.3 is 14.7 Å². The summed E-state index contributed by atoms with van der Waals surface area (Å²) in [7, 11) is 4.42. The summed E-state index contributed by atoms with van der Waals surface area (Å²) in [6.07, 6.45) is 11.4. The van der Waals surface area contributed by atoms with Crippen molar-refractivity contribution in [3.63, 3.8) is 0 Å². The summed E-state index contributed by atoms with van der Waals surface area (Å²) in [4.78, 5) is 10.2. The lowest BCUT2D eigenvalue weighted by atomic mass is 10.0. The number of carbonyl (C=O) groups is 1. The van der Waals surface area contributed by atoms with E-state index in [9.17, 15) is 9.90 Å². The van der Waals surface area contributed by atoms with Crippen molar-refractivity contribution in [2.24, 2.45) is 0 Å². The number of hydrogen-bond donors (Lipinski definition) is 2. The topological polar surface area (TPSA) is 57.5 Å². The third-order valence-corrected chi connectivity index (χ3v) is 5.57. The molecule has 0 aliphatic rings. The van der Waals surface area contributed by atoms with Crippen molar-refractivity contribution in [3.05, 3.63) is 71.8 Å². The van der Waals surface area contributed by atoms with Crippen LogP contribution in [0.25, 0.3) is 0 Å². The van der Waals surface area contributed by atoms with Gasteiger partial charge in [-0.05, 0) is 18.6 Å². The monoisotopic (exact) mass is 442 g/mol. The van der Waals surface area contributed by atoms with Crippen molar-refractivity contribution in [3.8, 4) is 0 Å². The van der Waals surface area contributed by atoms with E-state index >= 15 is 0 Å². The number of quaternary nitrogens is 1. The molecular formula is C28H44NO3+. The molecule has 0 aliphatic carbocycles. The van der Waals surface area contributed by atoms with Crippen molar-refractivity contribution in [1.29, 1.82) is 0 Å². The number of carboxylic acids is 1. The third kappa shape index (κ3) is 14.0. The van der Waals surface area contributed by atoms with Gasteiger partial charge in [0.25, 0.3) is 0 Å². The summed E-state index contributed by atoms with van der Waals surface area (Å²) in [5.41, 5.74) is 1.68. The summed E-state index contributed by atoms with van der Waals surface area (Å²) in [5.74, 6) is -0.879. The van der Waals surface area contributed by atoms with Gasteiger partial charge in [-0.25, -0.2) is 4.79 Å². The Morgan fingerprint density at radius 1 is 0.812 bits per heavy atom. The maximum absolute atomic E-state index is 10.3. The van der Waals surface area contributed by atoms with Gasteiger partial charge in [0.1, 0.15) is 19.2 Å². The minimum atomic E-state index is -0.879. The molecule has 0 amide bonds. The van der Waals surface area contributed by atoms with Crippen LogP contribution in [0.2, 0.25) is 0 Å². The van der Waals surface area contributed by atoms with Crippen LogP contribution in [0.3, 0.4) is 0 Å². The maximum atomic E-state index is 10.3. The summed E-state index contributed by atoms with van der Waals surface area (Å²) >= 11 is 0. The molecule has 0 aromatic heterocycles. The number of hydrogen-bond acceptors (Lipinski definition) is 2. The normalized spacial score (nSPS) is 12.0. The Morgan fingerprint density at radius 3 is 1.81 bits per heavy atom. The van der Waals surface area contributed by atoms with Crippen LogP contribution in [0.5, 0.6) is 0 Å². The molecule has 0 fully saturated rings. The zero-order chi connectivity index (χ0) is 23.7. The van der Waals surface area contributed by atoms with Crippen LogP contribution in [0, 0.1) is 0 Å². The molecule has 0 radical (unpaired) electrons. The molecule has 1 atom stereocenters.